The zero-order chi connectivity index (χ0) is 16.2. The molecule has 0 atom stereocenters. The Balaban J connectivity index is 1.63. The van der Waals surface area contributed by atoms with Gasteiger partial charge in [0, 0.05) is 12.8 Å². The van der Waals surface area contributed by atoms with Crippen molar-refractivity contribution >= 4 is 17.8 Å². The predicted octanol–water partition coefficient (Wildman–Crippen LogP) is 2.50. The van der Waals surface area contributed by atoms with Crippen LogP contribution in [0.5, 0.6) is 0 Å². The van der Waals surface area contributed by atoms with Gasteiger partial charge in [-0.2, -0.15) is 0 Å². The van der Waals surface area contributed by atoms with Gasteiger partial charge in [0.2, 0.25) is 0 Å². The second-order valence-electron chi connectivity index (χ2n) is 5.28. The molecule has 1 saturated heterocycles. The summed E-state index contributed by atoms with van der Waals surface area (Å²) in [6, 6.07) is 17.4. The molecule has 3 rings (SSSR count). The summed E-state index contributed by atoms with van der Waals surface area (Å²) in [6.07, 6.45) is 0.196. The Morgan fingerprint density at radius 3 is 2.04 bits per heavy atom. The minimum Gasteiger partial charge on any atom is -0.330 e. The van der Waals surface area contributed by atoms with Crippen LogP contribution in [0, 0.1) is 0 Å². The van der Waals surface area contributed by atoms with E-state index >= 15 is 0 Å². The summed E-state index contributed by atoms with van der Waals surface area (Å²) in [5, 5.41) is 0.570. The van der Waals surface area contributed by atoms with Gasteiger partial charge in [0.25, 0.3) is 11.8 Å². The molecule has 116 valence electrons. The molecule has 2 aromatic rings. The van der Waals surface area contributed by atoms with Crippen LogP contribution in [0.4, 0.5) is 0 Å². The Labute approximate surface area is 133 Å². The van der Waals surface area contributed by atoms with Crippen molar-refractivity contribution in [3.05, 3.63) is 60.2 Å². The summed E-state index contributed by atoms with van der Waals surface area (Å²) >= 11 is 0. The van der Waals surface area contributed by atoms with Gasteiger partial charge in [-0.1, -0.05) is 54.6 Å². The van der Waals surface area contributed by atoms with Gasteiger partial charge in [0.05, 0.1) is 6.42 Å². The Morgan fingerprint density at radius 1 is 0.870 bits per heavy atom. The highest BCUT2D eigenvalue weighted by molar-refractivity contribution is 6.01. The molecule has 0 saturated carbocycles. The van der Waals surface area contributed by atoms with Crippen LogP contribution < -0.4 is 0 Å². The van der Waals surface area contributed by atoms with Crippen LogP contribution in [0.3, 0.4) is 0 Å². The van der Waals surface area contributed by atoms with E-state index in [1.165, 1.54) is 0 Å². The number of rotatable bonds is 4. The van der Waals surface area contributed by atoms with Gasteiger partial charge in [-0.05, 0) is 16.7 Å². The molecular formula is C18H15NO4. The van der Waals surface area contributed by atoms with Crippen molar-refractivity contribution in [3.8, 4) is 11.1 Å². The van der Waals surface area contributed by atoms with Crippen LogP contribution in [0.25, 0.3) is 11.1 Å². The highest BCUT2D eigenvalue weighted by Gasteiger charge is 2.32. The lowest BCUT2D eigenvalue weighted by Gasteiger charge is -2.12. The zero-order valence-corrected chi connectivity index (χ0v) is 12.4. The molecule has 0 aromatic heterocycles. The molecule has 0 aliphatic carbocycles. The predicted molar refractivity (Wildman–Crippen MR) is 82.8 cm³/mol. The van der Waals surface area contributed by atoms with Crippen molar-refractivity contribution in [1.82, 2.24) is 5.06 Å². The largest absolute Gasteiger partial charge is 0.337 e. The van der Waals surface area contributed by atoms with E-state index in [2.05, 4.69) is 0 Å². The number of benzene rings is 2. The summed E-state index contributed by atoms with van der Waals surface area (Å²) in [5.41, 5.74) is 2.90. The minimum atomic E-state index is -0.624. The van der Waals surface area contributed by atoms with Crippen molar-refractivity contribution in [2.75, 3.05) is 0 Å². The Bertz CT molecular complexity index is 721. The fourth-order valence-electron chi connectivity index (χ4n) is 2.40. The van der Waals surface area contributed by atoms with Crippen LogP contribution in [-0.2, 0) is 25.6 Å². The van der Waals surface area contributed by atoms with E-state index in [4.69, 9.17) is 4.84 Å². The standard InChI is InChI=1S/C18H15NO4/c20-16-10-11-17(21)19(16)23-18(22)12-13-6-8-15(9-7-13)14-4-2-1-3-5-14/h1-9H,10-12H2. The number of hydroxylamine groups is 2. The van der Waals surface area contributed by atoms with Crippen molar-refractivity contribution in [2.24, 2.45) is 0 Å². The van der Waals surface area contributed by atoms with Gasteiger partial charge in [-0.3, -0.25) is 9.59 Å². The second kappa shape index (κ2) is 6.44. The third-order valence-electron chi connectivity index (χ3n) is 3.61. The summed E-state index contributed by atoms with van der Waals surface area (Å²) in [7, 11) is 0. The average molecular weight is 309 g/mol. The fraction of sp³-hybridized carbons (Fsp3) is 0.167. The smallest absolute Gasteiger partial charge is 0.330 e. The lowest BCUT2D eigenvalue weighted by atomic mass is 10.0. The number of carbonyl (C=O) groups is 3. The molecule has 0 spiro atoms. The topological polar surface area (TPSA) is 63.7 Å². The van der Waals surface area contributed by atoms with E-state index in [-0.39, 0.29) is 19.3 Å². The van der Waals surface area contributed by atoms with Crippen molar-refractivity contribution < 1.29 is 19.2 Å². The maximum atomic E-state index is 11.8. The molecule has 0 unspecified atom stereocenters. The summed E-state index contributed by atoms with van der Waals surface area (Å²) in [4.78, 5) is 39.5. The molecule has 1 aliphatic rings. The van der Waals surface area contributed by atoms with Gasteiger partial charge in [0.1, 0.15) is 0 Å². The first-order valence-corrected chi connectivity index (χ1v) is 7.34. The average Bonchev–Trinajstić information content (AvgIpc) is 2.88. The highest BCUT2D eigenvalue weighted by atomic mass is 16.7. The SMILES string of the molecule is O=C(Cc1ccc(-c2ccccc2)cc1)ON1C(=O)CCC1=O. The number of hydrogen-bond donors (Lipinski definition) is 0. The molecule has 5 nitrogen and oxygen atoms in total. The van der Waals surface area contributed by atoms with Crippen molar-refractivity contribution in [2.45, 2.75) is 19.3 Å². The van der Waals surface area contributed by atoms with E-state index < -0.39 is 17.8 Å². The molecule has 1 fully saturated rings. The molecule has 2 amide bonds. The van der Waals surface area contributed by atoms with Crippen LogP contribution in [-0.4, -0.2) is 22.8 Å². The number of carbonyl (C=O) groups excluding carboxylic acids is 3. The van der Waals surface area contributed by atoms with Gasteiger partial charge in [0.15, 0.2) is 0 Å². The summed E-state index contributed by atoms with van der Waals surface area (Å²) < 4.78 is 0. The normalized spacial score (nSPS) is 14.2. The summed E-state index contributed by atoms with van der Waals surface area (Å²) in [5.74, 6) is -1.56. The highest BCUT2D eigenvalue weighted by Crippen LogP contribution is 2.20. The Kier molecular flexibility index (Phi) is 4.19. The fourth-order valence-corrected chi connectivity index (χ4v) is 2.40. The van der Waals surface area contributed by atoms with E-state index in [1.54, 1.807) is 0 Å². The molecule has 23 heavy (non-hydrogen) atoms. The maximum Gasteiger partial charge on any atom is 0.337 e. The molecule has 0 bridgehead atoms. The van der Waals surface area contributed by atoms with Crippen LogP contribution in [0.2, 0.25) is 0 Å². The molecule has 0 radical (unpaired) electrons. The number of hydrogen-bond acceptors (Lipinski definition) is 4. The molecule has 1 heterocycles. The van der Waals surface area contributed by atoms with Gasteiger partial charge < -0.3 is 4.84 Å². The maximum absolute atomic E-state index is 11.8. The van der Waals surface area contributed by atoms with Crippen molar-refractivity contribution in [3.63, 3.8) is 0 Å². The monoisotopic (exact) mass is 309 g/mol. The van der Waals surface area contributed by atoms with Crippen LogP contribution in [0.15, 0.2) is 54.6 Å². The Morgan fingerprint density at radius 2 is 1.43 bits per heavy atom. The molecule has 1 aliphatic heterocycles. The quantitative estimate of drug-likeness (QED) is 0.814. The third kappa shape index (κ3) is 3.45. The first-order valence-electron chi connectivity index (χ1n) is 7.34. The van der Waals surface area contributed by atoms with Crippen LogP contribution in [0.1, 0.15) is 18.4 Å². The first-order chi connectivity index (χ1) is 11.1. The van der Waals surface area contributed by atoms with E-state index in [1.807, 2.05) is 54.6 Å². The Hall–Kier alpha value is -2.95. The van der Waals surface area contributed by atoms with E-state index in [0.717, 1.165) is 16.7 Å². The molecule has 5 heteroatoms. The third-order valence-corrected chi connectivity index (χ3v) is 3.61. The molecule has 0 N–H and O–H groups in total. The zero-order valence-electron chi connectivity index (χ0n) is 12.4. The van der Waals surface area contributed by atoms with Crippen LogP contribution >= 0.6 is 0 Å². The first kappa shape index (κ1) is 15.0. The number of nitrogens with zero attached hydrogens (tertiary/aromatic N) is 1. The van der Waals surface area contributed by atoms with E-state index in [0.29, 0.717) is 5.06 Å². The number of amides is 2. The van der Waals surface area contributed by atoms with E-state index in [9.17, 15) is 14.4 Å². The van der Waals surface area contributed by atoms with Crippen molar-refractivity contribution in [1.29, 1.82) is 0 Å². The minimum absolute atomic E-state index is 0.00608. The second-order valence-corrected chi connectivity index (χ2v) is 5.28. The van der Waals surface area contributed by atoms with Gasteiger partial charge in [-0.15, -0.1) is 5.06 Å². The van der Waals surface area contributed by atoms with Gasteiger partial charge >= 0.3 is 5.97 Å². The van der Waals surface area contributed by atoms with Gasteiger partial charge in [-0.25, -0.2) is 4.79 Å². The molecular weight excluding hydrogens is 294 g/mol. The number of imide groups is 1. The summed E-state index contributed by atoms with van der Waals surface area (Å²) in [6.45, 7) is 0. The lowest BCUT2D eigenvalue weighted by molar-refractivity contribution is -0.197. The molecule has 2 aromatic carbocycles. The lowest BCUT2D eigenvalue weighted by Crippen LogP contribution is -2.32.